The van der Waals surface area contributed by atoms with Crippen LogP contribution >= 0.6 is 0 Å². The van der Waals surface area contributed by atoms with E-state index in [9.17, 15) is 44.4 Å². The lowest BCUT2D eigenvalue weighted by Crippen LogP contribution is -2.66. The Morgan fingerprint density at radius 1 is 0.870 bits per heavy atom. The first kappa shape index (κ1) is 34.2. The summed E-state index contributed by atoms with van der Waals surface area (Å²) in [5.74, 6) is -2.30. The monoisotopic (exact) mass is 639 g/mol. The number of aryl methyl sites for hydroxylation is 1. The van der Waals surface area contributed by atoms with E-state index in [4.69, 9.17) is 4.74 Å². The summed E-state index contributed by atoms with van der Waals surface area (Å²) in [6, 6.07) is 13.4. The number of hydrogen-bond donors (Lipinski definition) is 8. The van der Waals surface area contributed by atoms with Gasteiger partial charge in [-0.25, -0.2) is 4.79 Å². The third-order valence-electron chi connectivity index (χ3n) is 7.56. The number of nitrogens with zero attached hydrogens (tertiary/aromatic N) is 1. The normalized spacial score (nSPS) is 22.3. The maximum atomic E-state index is 13.7. The van der Waals surface area contributed by atoms with E-state index in [1.165, 1.54) is 13.1 Å². The lowest BCUT2D eigenvalue weighted by atomic mass is 9.96. The fraction of sp³-hybridized carbons (Fsp3) is 0.387. The van der Waals surface area contributed by atoms with Crippen molar-refractivity contribution in [3.63, 3.8) is 0 Å². The zero-order valence-electron chi connectivity index (χ0n) is 24.9. The zero-order chi connectivity index (χ0) is 33.4. The first-order chi connectivity index (χ1) is 22.0. The van der Waals surface area contributed by atoms with E-state index in [1.54, 1.807) is 60.7 Å². The second kappa shape index (κ2) is 15.6. The highest BCUT2D eigenvalue weighted by molar-refractivity contribution is 5.92. The maximum Gasteiger partial charge on any atom is 0.328 e. The van der Waals surface area contributed by atoms with Crippen LogP contribution in [0.3, 0.4) is 0 Å². The minimum Gasteiger partial charge on any atom is -0.394 e. The van der Waals surface area contributed by atoms with Gasteiger partial charge in [-0.05, 0) is 18.1 Å². The molecule has 246 valence electrons. The van der Waals surface area contributed by atoms with E-state index in [-0.39, 0.29) is 18.4 Å². The van der Waals surface area contributed by atoms with Crippen LogP contribution in [0.1, 0.15) is 16.7 Å². The molecule has 1 aliphatic rings. The number of ether oxygens (including phenoxy) is 1. The molecule has 46 heavy (non-hydrogen) atoms. The smallest absolute Gasteiger partial charge is 0.328 e. The van der Waals surface area contributed by atoms with Crippen molar-refractivity contribution in [2.24, 2.45) is 0 Å². The molecule has 8 N–H and O–H groups in total. The molecule has 0 saturated carbocycles. The minimum atomic E-state index is -1.78. The number of amides is 3. The molecule has 7 unspecified atom stereocenters. The molecule has 2 aromatic carbocycles. The molecule has 7 atom stereocenters. The van der Waals surface area contributed by atoms with E-state index in [1.807, 2.05) is 0 Å². The Balaban J connectivity index is 1.56. The first-order valence-electron chi connectivity index (χ1n) is 14.6. The van der Waals surface area contributed by atoms with Gasteiger partial charge in [0, 0.05) is 24.6 Å². The number of carbonyl (C=O) groups is 3. The molecule has 4 rings (SSSR count). The third kappa shape index (κ3) is 8.74. The van der Waals surface area contributed by atoms with Gasteiger partial charge in [-0.1, -0.05) is 60.7 Å². The Kier molecular flexibility index (Phi) is 11.6. The summed E-state index contributed by atoms with van der Waals surface area (Å²) in [6.45, 7) is 0.282. The fourth-order valence-corrected chi connectivity index (χ4v) is 5.04. The molecule has 15 nitrogen and oxygen atoms in total. The highest BCUT2D eigenvalue weighted by Crippen LogP contribution is 2.20. The van der Waals surface area contributed by atoms with Gasteiger partial charge < -0.3 is 41.1 Å². The summed E-state index contributed by atoms with van der Waals surface area (Å²) in [6.07, 6.45) is -5.18. The van der Waals surface area contributed by atoms with Gasteiger partial charge in [0.05, 0.1) is 6.61 Å². The number of aromatic amines is 1. The molecular formula is C31H37N5O10. The number of hydrogen-bond acceptors (Lipinski definition) is 10. The molecule has 2 heterocycles. The summed E-state index contributed by atoms with van der Waals surface area (Å²) in [5.41, 5.74) is 0.149. The number of carbonyl (C=O) groups excluding carboxylic acids is 3. The molecule has 1 aliphatic heterocycles. The number of aliphatic hydroxyl groups excluding tert-OH is 4. The van der Waals surface area contributed by atoms with Gasteiger partial charge in [-0.3, -0.25) is 28.7 Å². The van der Waals surface area contributed by atoms with Crippen molar-refractivity contribution in [1.82, 2.24) is 25.5 Å². The lowest BCUT2D eigenvalue weighted by molar-refractivity contribution is -0.254. The first-order valence-corrected chi connectivity index (χ1v) is 14.6. The van der Waals surface area contributed by atoms with E-state index >= 15 is 0 Å². The molecule has 1 aromatic heterocycles. The molecular weight excluding hydrogens is 602 g/mol. The second-order valence-corrected chi connectivity index (χ2v) is 11.0. The van der Waals surface area contributed by atoms with Crippen LogP contribution in [0, 0.1) is 6.92 Å². The van der Waals surface area contributed by atoms with E-state index in [2.05, 4.69) is 20.9 Å². The van der Waals surface area contributed by atoms with Crippen molar-refractivity contribution >= 4 is 17.7 Å². The van der Waals surface area contributed by atoms with Crippen LogP contribution in [0.2, 0.25) is 0 Å². The van der Waals surface area contributed by atoms with Gasteiger partial charge in [-0.15, -0.1) is 0 Å². The minimum absolute atomic E-state index is 0.0142. The number of nitrogens with one attached hydrogen (secondary N) is 4. The number of aromatic nitrogens is 2. The Hall–Kier alpha value is -4.67. The van der Waals surface area contributed by atoms with Gasteiger partial charge in [0.1, 0.15) is 43.0 Å². The Labute approximate surface area is 262 Å². The number of aliphatic hydroxyl groups is 4. The van der Waals surface area contributed by atoms with Crippen LogP contribution in [0.15, 0.2) is 76.4 Å². The van der Waals surface area contributed by atoms with Crippen molar-refractivity contribution in [3.8, 4) is 0 Å². The third-order valence-corrected chi connectivity index (χ3v) is 7.56. The molecule has 0 bridgehead atoms. The molecule has 0 spiro atoms. The Morgan fingerprint density at radius 2 is 1.43 bits per heavy atom. The second-order valence-electron chi connectivity index (χ2n) is 11.0. The Bertz CT molecular complexity index is 1610. The van der Waals surface area contributed by atoms with Crippen LogP contribution in [0.4, 0.5) is 0 Å². The fourth-order valence-electron chi connectivity index (χ4n) is 5.04. The van der Waals surface area contributed by atoms with Crippen molar-refractivity contribution in [3.05, 3.63) is 104 Å². The Morgan fingerprint density at radius 3 is 2.00 bits per heavy atom. The summed E-state index contributed by atoms with van der Waals surface area (Å²) in [7, 11) is 0. The van der Waals surface area contributed by atoms with Gasteiger partial charge in [-0.2, -0.15) is 0 Å². The highest BCUT2D eigenvalue weighted by Gasteiger charge is 2.45. The SMILES string of the molecule is Cc1cn(CC(=O)NC(Cc2ccccc2)C(=O)NC(Cc2ccccc2)C(=O)NC2C(O)OC(CO)C(O)C2O)c(=O)[nH]c1=O. The molecule has 15 heteroatoms. The largest absolute Gasteiger partial charge is 0.394 e. The van der Waals surface area contributed by atoms with Crippen LogP contribution < -0.4 is 27.2 Å². The maximum absolute atomic E-state index is 13.7. The van der Waals surface area contributed by atoms with E-state index in [0.29, 0.717) is 11.1 Å². The van der Waals surface area contributed by atoms with Crippen molar-refractivity contribution in [2.75, 3.05) is 6.61 Å². The van der Waals surface area contributed by atoms with E-state index in [0.717, 1.165) is 4.57 Å². The van der Waals surface area contributed by atoms with Crippen LogP contribution in [-0.2, 0) is 38.5 Å². The van der Waals surface area contributed by atoms with Crippen molar-refractivity contribution < 1.29 is 39.5 Å². The summed E-state index contributed by atoms with van der Waals surface area (Å²) in [5, 5.41) is 48.2. The molecule has 1 saturated heterocycles. The summed E-state index contributed by atoms with van der Waals surface area (Å²) in [4.78, 5) is 66.4. The van der Waals surface area contributed by atoms with Crippen LogP contribution in [0.5, 0.6) is 0 Å². The predicted molar refractivity (Wildman–Crippen MR) is 162 cm³/mol. The van der Waals surface area contributed by atoms with E-state index < -0.39 is 84.8 Å². The zero-order valence-corrected chi connectivity index (χ0v) is 24.9. The van der Waals surface area contributed by atoms with Crippen LogP contribution in [-0.4, -0.2) is 97.0 Å². The number of benzene rings is 2. The van der Waals surface area contributed by atoms with Gasteiger partial charge >= 0.3 is 5.69 Å². The summed E-state index contributed by atoms with van der Waals surface area (Å²) < 4.78 is 6.13. The molecule has 1 fully saturated rings. The van der Waals surface area contributed by atoms with Gasteiger partial charge in [0.15, 0.2) is 6.29 Å². The predicted octanol–water partition coefficient (Wildman–Crippen LogP) is -2.78. The quantitative estimate of drug-likeness (QED) is 0.102. The number of rotatable bonds is 12. The molecule has 3 amide bonds. The number of H-pyrrole nitrogens is 1. The summed E-state index contributed by atoms with van der Waals surface area (Å²) >= 11 is 0. The standard InChI is InChI=1S/C31H37N5O10/c1-17-14-36(31(45)35-27(17)41)15-23(38)32-20(12-18-8-4-2-5-9-18)28(42)33-21(13-19-10-6-3-7-11-19)29(43)34-24-26(40)25(39)22(16-37)46-30(24)44/h2-11,14,20-22,24-26,30,37,39-40,44H,12-13,15-16H2,1H3,(H,32,38)(H,33,42)(H,34,43)(H,35,41,45). The van der Waals surface area contributed by atoms with Crippen molar-refractivity contribution in [1.29, 1.82) is 0 Å². The molecule has 0 radical (unpaired) electrons. The lowest BCUT2D eigenvalue weighted by Gasteiger charge is -2.40. The molecule has 0 aliphatic carbocycles. The average molecular weight is 640 g/mol. The average Bonchev–Trinajstić information content (AvgIpc) is 3.03. The highest BCUT2D eigenvalue weighted by atomic mass is 16.6. The van der Waals surface area contributed by atoms with Crippen molar-refractivity contribution in [2.45, 2.75) is 69.0 Å². The molecule has 3 aromatic rings. The topological polar surface area (TPSA) is 232 Å². The van der Waals surface area contributed by atoms with Crippen LogP contribution in [0.25, 0.3) is 0 Å². The van der Waals surface area contributed by atoms with Gasteiger partial charge in [0.2, 0.25) is 17.7 Å². The van der Waals surface area contributed by atoms with Gasteiger partial charge in [0.25, 0.3) is 5.56 Å².